The highest BCUT2D eigenvalue weighted by Crippen LogP contribution is 2.32. The standard InChI is InChI=1S/C20H17N5O2/c1-25(2)20(26)12-3-4-17(23-10-12)16-9-13(11-24-18(16)21)14-5-7-22-19-15(14)6-8-27-19/h3-11H,1-2H3,(H2,21,24). The minimum atomic E-state index is -0.104. The zero-order valence-electron chi connectivity index (χ0n) is 14.9. The molecular weight excluding hydrogens is 342 g/mol. The molecule has 0 aliphatic heterocycles. The fourth-order valence-corrected chi connectivity index (χ4v) is 2.89. The van der Waals surface area contributed by atoms with Crippen molar-refractivity contribution in [3.63, 3.8) is 0 Å². The number of nitrogen functional groups attached to an aromatic ring is 1. The predicted octanol–water partition coefficient (Wildman–Crippen LogP) is 3.24. The van der Waals surface area contributed by atoms with Crippen LogP contribution in [-0.2, 0) is 0 Å². The van der Waals surface area contributed by atoms with Crippen molar-refractivity contribution >= 4 is 22.8 Å². The largest absolute Gasteiger partial charge is 0.446 e. The second kappa shape index (κ2) is 6.53. The molecule has 0 bridgehead atoms. The molecule has 4 rings (SSSR count). The third-order valence-electron chi connectivity index (χ3n) is 4.29. The van der Waals surface area contributed by atoms with Crippen molar-refractivity contribution < 1.29 is 9.21 Å². The third kappa shape index (κ3) is 2.99. The highest BCUT2D eigenvalue weighted by molar-refractivity contribution is 5.95. The number of fused-ring (bicyclic) bond motifs is 1. The summed E-state index contributed by atoms with van der Waals surface area (Å²) in [6.07, 6.45) is 6.56. The first-order valence-corrected chi connectivity index (χ1v) is 8.31. The number of nitrogens with two attached hydrogens (primary N) is 1. The Labute approximate surface area is 155 Å². The van der Waals surface area contributed by atoms with Crippen molar-refractivity contribution in [2.45, 2.75) is 0 Å². The minimum Gasteiger partial charge on any atom is -0.446 e. The van der Waals surface area contributed by atoms with Gasteiger partial charge in [0, 0.05) is 49.2 Å². The van der Waals surface area contributed by atoms with Gasteiger partial charge in [-0.05, 0) is 35.9 Å². The normalized spacial score (nSPS) is 10.9. The van der Waals surface area contributed by atoms with Gasteiger partial charge in [-0.3, -0.25) is 9.78 Å². The first kappa shape index (κ1) is 16.7. The summed E-state index contributed by atoms with van der Waals surface area (Å²) in [5.74, 6) is 0.267. The van der Waals surface area contributed by atoms with Crippen LogP contribution in [0.25, 0.3) is 33.5 Å². The quantitative estimate of drug-likeness (QED) is 0.603. The molecule has 4 aromatic heterocycles. The van der Waals surface area contributed by atoms with Crippen molar-refractivity contribution in [1.82, 2.24) is 19.9 Å². The van der Waals surface area contributed by atoms with Crippen molar-refractivity contribution in [2.24, 2.45) is 0 Å². The smallest absolute Gasteiger partial charge is 0.254 e. The summed E-state index contributed by atoms with van der Waals surface area (Å²) in [5, 5.41) is 0.898. The molecule has 4 aromatic rings. The van der Waals surface area contributed by atoms with Crippen LogP contribution in [0.15, 0.2) is 59.6 Å². The molecule has 4 heterocycles. The number of pyridine rings is 3. The summed E-state index contributed by atoms with van der Waals surface area (Å²) >= 11 is 0. The number of aromatic nitrogens is 3. The molecule has 0 aliphatic carbocycles. The number of anilines is 1. The van der Waals surface area contributed by atoms with Gasteiger partial charge < -0.3 is 15.1 Å². The number of carbonyl (C=O) groups excluding carboxylic acids is 1. The molecule has 0 saturated heterocycles. The van der Waals surface area contributed by atoms with Gasteiger partial charge in [-0.2, -0.15) is 0 Å². The molecule has 0 spiro atoms. The first-order valence-electron chi connectivity index (χ1n) is 8.31. The Hall–Kier alpha value is -3.74. The van der Waals surface area contributed by atoms with Crippen LogP contribution in [0, 0.1) is 0 Å². The van der Waals surface area contributed by atoms with E-state index >= 15 is 0 Å². The Bertz CT molecular complexity index is 1130. The van der Waals surface area contributed by atoms with Crippen LogP contribution in [0.2, 0.25) is 0 Å². The van der Waals surface area contributed by atoms with E-state index in [0.717, 1.165) is 16.5 Å². The van der Waals surface area contributed by atoms with Crippen molar-refractivity contribution in [1.29, 1.82) is 0 Å². The number of furan rings is 1. The lowest BCUT2D eigenvalue weighted by Gasteiger charge is -2.11. The van der Waals surface area contributed by atoms with Gasteiger partial charge >= 0.3 is 0 Å². The molecule has 0 aliphatic rings. The zero-order valence-corrected chi connectivity index (χ0v) is 14.9. The average Bonchev–Trinajstić information content (AvgIpc) is 3.17. The summed E-state index contributed by atoms with van der Waals surface area (Å²) < 4.78 is 5.37. The summed E-state index contributed by atoms with van der Waals surface area (Å²) in [5.41, 5.74) is 10.3. The lowest BCUT2D eigenvalue weighted by molar-refractivity contribution is 0.0827. The third-order valence-corrected chi connectivity index (χ3v) is 4.29. The number of carbonyl (C=O) groups is 1. The van der Waals surface area contributed by atoms with E-state index in [2.05, 4.69) is 15.0 Å². The van der Waals surface area contributed by atoms with Crippen molar-refractivity contribution in [2.75, 3.05) is 19.8 Å². The molecule has 0 aromatic carbocycles. The maximum atomic E-state index is 12.0. The van der Waals surface area contributed by atoms with Gasteiger partial charge in [0.2, 0.25) is 5.71 Å². The van der Waals surface area contributed by atoms with E-state index in [1.54, 1.807) is 51.1 Å². The van der Waals surface area contributed by atoms with E-state index in [4.69, 9.17) is 10.2 Å². The molecule has 134 valence electrons. The lowest BCUT2D eigenvalue weighted by Crippen LogP contribution is -2.21. The fourth-order valence-electron chi connectivity index (χ4n) is 2.89. The number of amides is 1. The van der Waals surface area contributed by atoms with Gasteiger partial charge in [0.1, 0.15) is 5.82 Å². The van der Waals surface area contributed by atoms with Gasteiger partial charge in [0.15, 0.2) is 0 Å². The van der Waals surface area contributed by atoms with E-state index < -0.39 is 0 Å². The lowest BCUT2D eigenvalue weighted by atomic mass is 10.0. The molecule has 2 N–H and O–H groups in total. The maximum Gasteiger partial charge on any atom is 0.254 e. The van der Waals surface area contributed by atoms with Crippen LogP contribution in [0.3, 0.4) is 0 Å². The Kier molecular flexibility index (Phi) is 4.04. The molecule has 0 fully saturated rings. The molecule has 0 unspecified atom stereocenters. The minimum absolute atomic E-state index is 0.104. The van der Waals surface area contributed by atoms with E-state index in [1.165, 1.54) is 4.90 Å². The Morgan fingerprint density at radius 2 is 1.89 bits per heavy atom. The molecule has 7 nitrogen and oxygen atoms in total. The van der Waals surface area contributed by atoms with Crippen LogP contribution >= 0.6 is 0 Å². The van der Waals surface area contributed by atoms with E-state index in [9.17, 15) is 4.79 Å². The van der Waals surface area contributed by atoms with Gasteiger partial charge in [-0.15, -0.1) is 0 Å². The molecular formula is C20H17N5O2. The highest BCUT2D eigenvalue weighted by atomic mass is 16.3. The molecule has 1 amide bonds. The second-order valence-corrected chi connectivity index (χ2v) is 6.29. The van der Waals surface area contributed by atoms with Gasteiger partial charge in [0.25, 0.3) is 5.91 Å². The van der Waals surface area contributed by atoms with Gasteiger partial charge in [-0.25, -0.2) is 9.97 Å². The number of hydrogen-bond donors (Lipinski definition) is 1. The average molecular weight is 359 g/mol. The van der Waals surface area contributed by atoms with Crippen molar-refractivity contribution in [3.8, 4) is 22.4 Å². The van der Waals surface area contributed by atoms with Gasteiger partial charge in [-0.1, -0.05) is 0 Å². The Morgan fingerprint density at radius 3 is 2.63 bits per heavy atom. The number of rotatable bonds is 3. The van der Waals surface area contributed by atoms with E-state index in [1.807, 2.05) is 18.2 Å². The summed E-state index contributed by atoms with van der Waals surface area (Å²) in [7, 11) is 3.40. The van der Waals surface area contributed by atoms with E-state index in [-0.39, 0.29) is 5.91 Å². The summed E-state index contributed by atoms with van der Waals surface area (Å²) in [6.45, 7) is 0. The Balaban J connectivity index is 1.77. The van der Waals surface area contributed by atoms with Crippen LogP contribution < -0.4 is 5.73 Å². The molecule has 0 radical (unpaired) electrons. The molecule has 0 saturated carbocycles. The first-order chi connectivity index (χ1) is 13.0. The molecule has 0 atom stereocenters. The summed E-state index contributed by atoms with van der Waals surface area (Å²) in [6, 6.07) is 9.21. The zero-order chi connectivity index (χ0) is 19.0. The summed E-state index contributed by atoms with van der Waals surface area (Å²) in [4.78, 5) is 26.5. The van der Waals surface area contributed by atoms with Crippen LogP contribution in [0.5, 0.6) is 0 Å². The molecule has 7 heteroatoms. The van der Waals surface area contributed by atoms with Crippen LogP contribution in [0.1, 0.15) is 10.4 Å². The van der Waals surface area contributed by atoms with E-state index in [0.29, 0.717) is 28.4 Å². The van der Waals surface area contributed by atoms with Crippen molar-refractivity contribution in [3.05, 3.63) is 60.7 Å². The highest BCUT2D eigenvalue weighted by Gasteiger charge is 2.13. The Morgan fingerprint density at radius 1 is 1.04 bits per heavy atom. The van der Waals surface area contributed by atoms with Gasteiger partial charge in [0.05, 0.1) is 17.5 Å². The second-order valence-electron chi connectivity index (χ2n) is 6.29. The topological polar surface area (TPSA) is 98.1 Å². The van der Waals surface area contributed by atoms with Crippen LogP contribution in [-0.4, -0.2) is 39.9 Å². The number of hydrogen-bond acceptors (Lipinski definition) is 6. The fraction of sp³-hybridized carbons (Fsp3) is 0.100. The SMILES string of the molecule is CN(C)C(=O)c1ccc(-c2cc(-c3ccnc4occc34)cnc2N)nc1. The molecule has 27 heavy (non-hydrogen) atoms. The van der Waals surface area contributed by atoms with Crippen LogP contribution in [0.4, 0.5) is 5.82 Å². The number of nitrogens with zero attached hydrogens (tertiary/aromatic N) is 4. The maximum absolute atomic E-state index is 12.0. The predicted molar refractivity (Wildman–Crippen MR) is 103 cm³/mol. The monoisotopic (exact) mass is 359 g/mol.